The Balaban J connectivity index is 1.43. The molecule has 8 heteroatoms. The third-order valence-corrected chi connectivity index (χ3v) is 6.69. The molecular formula is C23H30N4O4. The topological polar surface area (TPSA) is 90.0 Å². The van der Waals surface area contributed by atoms with Gasteiger partial charge >= 0.3 is 6.03 Å². The smallest absolute Gasteiger partial charge is 0.325 e. The van der Waals surface area contributed by atoms with Gasteiger partial charge in [0, 0.05) is 37.7 Å². The maximum absolute atomic E-state index is 13.4. The van der Waals surface area contributed by atoms with Crippen molar-refractivity contribution in [3.05, 3.63) is 35.9 Å². The van der Waals surface area contributed by atoms with E-state index in [1.165, 1.54) is 4.90 Å². The first kappa shape index (κ1) is 21.3. The molecule has 3 fully saturated rings. The molecule has 1 aromatic rings. The van der Waals surface area contributed by atoms with E-state index in [1.807, 2.05) is 32.0 Å². The predicted molar refractivity (Wildman–Crippen MR) is 114 cm³/mol. The Hall–Kier alpha value is -2.90. The number of rotatable bonds is 3. The quantitative estimate of drug-likeness (QED) is 0.747. The Labute approximate surface area is 182 Å². The highest BCUT2D eigenvalue weighted by Gasteiger charge is 2.55. The van der Waals surface area contributed by atoms with Gasteiger partial charge < -0.3 is 15.1 Å². The van der Waals surface area contributed by atoms with E-state index in [2.05, 4.69) is 5.32 Å². The molecule has 1 aromatic carbocycles. The lowest BCUT2D eigenvalue weighted by molar-refractivity contribution is -0.140. The van der Waals surface area contributed by atoms with Crippen LogP contribution in [-0.2, 0) is 9.59 Å². The van der Waals surface area contributed by atoms with Crippen molar-refractivity contribution >= 4 is 23.8 Å². The number of carbonyl (C=O) groups excluding carboxylic acids is 4. The van der Waals surface area contributed by atoms with E-state index >= 15 is 0 Å². The first-order valence-corrected chi connectivity index (χ1v) is 11.1. The van der Waals surface area contributed by atoms with Gasteiger partial charge in [0.15, 0.2) is 0 Å². The van der Waals surface area contributed by atoms with Crippen LogP contribution in [0.4, 0.5) is 4.79 Å². The summed E-state index contributed by atoms with van der Waals surface area (Å²) in [5.74, 6) is -0.328. The van der Waals surface area contributed by atoms with Gasteiger partial charge in [0.2, 0.25) is 5.91 Å². The van der Waals surface area contributed by atoms with Crippen molar-refractivity contribution in [1.82, 2.24) is 20.0 Å². The zero-order chi connectivity index (χ0) is 22.2. The summed E-state index contributed by atoms with van der Waals surface area (Å²) in [6.45, 7) is 5.61. The second-order valence-corrected chi connectivity index (χ2v) is 9.08. The van der Waals surface area contributed by atoms with Crippen LogP contribution < -0.4 is 5.32 Å². The highest BCUT2D eigenvalue weighted by Crippen LogP contribution is 2.33. The van der Waals surface area contributed by atoms with Gasteiger partial charge in [0.1, 0.15) is 5.54 Å². The Kier molecular flexibility index (Phi) is 5.73. The third kappa shape index (κ3) is 3.91. The minimum Gasteiger partial charge on any atom is -0.340 e. The Bertz CT molecular complexity index is 877. The number of likely N-dealkylation sites (tertiary alicyclic amines) is 2. The second-order valence-electron chi connectivity index (χ2n) is 9.08. The number of imide groups is 1. The molecule has 5 amide bonds. The summed E-state index contributed by atoms with van der Waals surface area (Å²) >= 11 is 0. The van der Waals surface area contributed by atoms with Gasteiger partial charge in [-0.2, -0.15) is 0 Å². The van der Waals surface area contributed by atoms with Crippen LogP contribution in [0, 0.1) is 5.92 Å². The highest BCUT2D eigenvalue weighted by atomic mass is 16.2. The van der Waals surface area contributed by atoms with E-state index in [0.29, 0.717) is 51.0 Å². The number of hydrogen-bond donors (Lipinski definition) is 1. The van der Waals surface area contributed by atoms with Crippen molar-refractivity contribution in [2.24, 2.45) is 5.92 Å². The molecule has 3 aliphatic heterocycles. The van der Waals surface area contributed by atoms with Gasteiger partial charge in [0.25, 0.3) is 11.8 Å². The van der Waals surface area contributed by atoms with E-state index in [0.717, 1.165) is 6.42 Å². The van der Waals surface area contributed by atoms with Crippen molar-refractivity contribution in [2.45, 2.75) is 51.1 Å². The second kappa shape index (κ2) is 8.32. The molecule has 3 saturated heterocycles. The summed E-state index contributed by atoms with van der Waals surface area (Å²) in [5, 5.41) is 2.93. The van der Waals surface area contributed by atoms with E-state index in [4.69, 9.17) is 0 Å². The monoisotopic (exact) mass is 426 g/mol. The van der Waals surface area contributed by atoms with Crippen LogP contribution in [0.15, 0.2) is 30.3 Å². The zero-order valence-corrected chi connectivity index (χ0v) is 18.2. The van der Waals surface area contributed by atoms with Crippen molar-refractivity contribution in [3.63, 3.8) is 0 Å². The number of nitrogens with one attached hydrogen (secondary N) is 1. The van der Waals surface area contributed by atoms with E-state index in [1.54, 1.807) is 21.9 Å². The van der Waals surface area contributed by atoms with Crippen molar-refractivity contribution in [1.29, 1.82) is 0 Å². The van der Waals surface area contributed by atoms with Gasteiger partial charge in [-0.15, -0.1) is 0 Å². The average molecular weight is 427 g/mol. The van der Waals surface area contributed by atoms with Crippen LogP contribution in [0.5, 0.6) is 0 Å². The number of urea groups is 1. The molecule has 166 valence electrons. The predicted octanol–water partition coefficient (Wildman–Crippen LogP) is 1.86. The van der Waals surface area contributed by atoms with Crippen molar-refractivity contribution in [3.8, 4) is 0 Å². The fourth-order valence-electron chi connectivity index (χ4n) is 4.90. The summed E-state index contributed by atoms with van der Waals surface area (Å²) in [5.41, 5.74) is -0.325. The highest BCUT2D eigenvalue weighted by molar-refractivity contribution is 6.07. The van der Waals surface area contributed by atoms with Gasteiger partial charge in [-0.3, -0.25) is 19.3 Å². The minimum atomic E-state index is -0.950. The maximum atomic E-state index is 13.4. The molecule has 1 N–H and O–H groups in total. The number of hydrogen-bond acceptors (Lipinski definition) is 4. The zero-order valence-electron chi connectivity index (χ0n) is 18.2. The molecule has 1 spiro atoms. The summed E-state index contributed by atoms with van der Waals surface area (Å²) in [4.78, 5) is 56.2. The molecule has 8 nitrogen and oxygen atoms in total. The Morgan fingerprint density at radius 3 is 2.35 bits per heavy atom. The molecular weight excluding hydrogens is 396 g/mol. The molecule has 1 atom stereocenters. The minimum absolute atomic E-state index is 0.0548. The van der Waals surface area contributed by atoms with E-state index < -0.39 is 5.54 Å². The standard InChI is InChI=1S/C23H30N4O4/c1-16(2)19(28)26-12-6-9-18(15-26)27-21(30)23(24-22(27)31)10-13-25(14-11-23)20(29)17-7-4-3-5-8-17/h3-5,7-8,16,18H,6,9-15H2,1-2H3,(H,24,31)/t18-/m0/s1. The molecule has 0 bridgehead atoms. The third-order valence-electron chi connectivity index (χ3n) is 6.69. The van der Waals surface area contributed by atoms with Crippen LogP contribution in [0.3, 0.4) is 0 Å². The maximum Gasteiger partial charge on any atom is 0.325 e. The summed E-state index contributed by atoms with van der Waals surface area (Å²) in [7, 11) is 0. The molecule has 3 aliphatic rings. The van der Waals surface area contributed by atoms with Crippen LogP contribution in [0.1, 0.15) is 49.9 Å². The van der Waals surface area contributed by atoms with Gasteiger partial charge in [-0.1, -0.05) is 32.0 Å². The molecule has 31 heavy (non-hydrogen) atoms. The SMILES string of the molecule is CC(C)C(=O)N1CCC[C@H](N2C(=O)NC3(CCN(C(=O)c4ccccc4)CC3)C2=O)C1. The molecule has 0 aromatic heterocycles. The largest absolute Gasteiger partial charge is 0.340 e. The summed E-state index contributed by atoms with van der Waals surface area (Å²) < 4.78 is 0. The van der Waals surface area contributed by atoms with Crippen molar-refractivity contribution < 1.29 is 19.2 Å². The molecule has 3 heterocycles. The van der Waals surface area contributed by atoms with Crippen molar-refractivity contribution in [2.75, 3.05) is 26.2 Å². The van der Waals surface area contributed by atoms with Crippen LogP contribution >= 0.6 is 0 Å². The molecule has 0 aliphatic carbocycles. The number of amides is 5. The van der Waals surface area contributed by atoms with Crippen LogP contribution in [0.25, 0.3) is 0 Å². The molecule has 4 rings (SSSR count). The first-order chi connectivity index (χ1) is 14.8. The Morgan fingerprint density at radius 1 is 1.03 bits per heavy atom. The first-order valence-electron chi connectivity index (χ1n) is 11.1. The van der Waals surface area contributed by atoms with Gasteiger partial charge in [-0.05, 0) is 37.8 Å². The fourth-order valence-corrected chi connectivity index (χ4v) is 4.90. The average Bonchev–Trinajstić information content (AvgIpc) is 3.02. The Morgan fingerprint density at radius 2 is 1.71 bits per heavy atom. The van der Waals surface area contributed by atoms with Gasteiger partial charge in [-0.25, -0.2) is 4.79 Å². The number of carbonyl (C=O) groups is 4. The normalized spacial score (nSPS) is 23.5. The van der Waals surface area contributed by atoms with E-state index in [9.17, 15) is 19.2 Å². The van der Waals surface area contributed by atoms with Gasteiger partial charge in [0.05, 0.1) is 6.04 Å². The molecule has 0 unspecified atom stereocenters. The number of piperidine rings is 2. The lowest BCUT2D eigenvalue weighted by Crippen LogP contribution is -2.57. The van der Waals surface area contributed by atoms with E-state index in [-0.39, 0.29) is 35.7 Å². The molecule has 0 radical (unpaired) electrons. The fraction of sp³-hybridized carbons (Fsp3) is 0.565. The lowest BCUT2D eigenvalue weighted by atomic mass is 9.86. The van der Waals surface area contributed by atoms with Crippen LogP contribution in [0.2, 0.25) is 0 Å². The summed E-state index contributed by atoms with van der Waals surface area (Å²) in [6, 6.07) is 8.41. The number of nitrogens with zero attached hydrogens (tertiary/aromatic N) is 3. The lowest BCUT2D eigenvalue weighted by Gasteiger charge is -2.39. The summed E-state index contributed by atoms with van der Waals surface area (Å²) in [6.07, 6.45) is 2.27. The molecule has 0 saturated carbocycles. The number of benzene rings is 1. The van der Waals surface area contributed by atoms with Crippen LogP contribution in [-0.4, -0.2) is 76.2 Å².